The van der Waals surface area contributed by atoms with E-state index in [1.54, 1.807) is 0 Å². The van der Waals surface area contributed by atoms with Gasteiger partial charge < -0.3 is 0 Å². The molecule has 0 nitrogen and oxygen atoms in total. The molecule has 0 saturated heterocycles. The molecule has 0 saturated carbocycles. The Bertz CT molecular complexity index is 656. The molecule has 0 heteroatoms. The maximum atomic E-state index is 5.73. The van der Waals surface area contributed by atoms with Crippen LogP contribution < -0.4 is 0 Å². The summed E-state index contributed by atoms with van der Waals surface area (Å²) in [4.78, 5) is 0. The van der Waals surface area contributed by atoms with Crippen molar-refractivity contribution in [2.24, 2.45) is 0 Å². The summed E-state index contributed by atoms with van der Waals surface area (Å²) in [5, 5.41) is 0. The lowest BCUT2D eigenvalue weighted by molar-refractivity contribution is 0.807. The minimum atomic E-state index is -0.290. The number of hydrogen-bond acceptors (Lipinski definition) is 0. The van der Waals surface area contributed by atoms with E-state index in [0.717, 1.165) is 0 Å². The molecule has 2 aromatic rings. The van der Waals surface area contributed by atoms with E-state index in [4.69, 9.17) is 6.42 Å². The molecule has 2 aromatic carbocycles. The third-order valence-corrected chi connectivity index (χ3v) is 3.59. The highest BCUT2D eigenvalue weighted by Crippen LogP contribution is 2.42. The number of rotatable bonds is 1. The van der Waals surface area contributed by atoms with Crippen LogP contribution in [0.4, 0.5) is 0 Å². The van der Waals surface area contributed by atoms with Crippen molar-refractivity contribution >= 4 is 5.57 Å². The molecule has 3 rings (SSSR count). The summed E-state index contributed by atoms with van der Waals surface area (Å²) < 4.78 is 0. The van der Waals surface area contributed by atoms with Gasteiger partial charge in [0.05, 0.1) is 5.41 Å². The van der Waals surface area contributed by atoms with Crippen molar-refractivity contribution in [1.29, 1.82) is 0 Å². The fraction of sp³-hybridized carbons (Fsp3) is 0.200. The normalized spacial score (nSPS) is 19.2. The molecule has 100 valence electrons. The summed E-state index contributed by atoms with van der Waals surface area (Å²) in [6.45, 7) is 6.10. The molecule has 1 aliphatic carbocycles. The van der Waals surface area contributed by atoms with E-state index in [-0.39, 0.29) is 5.41 Å². The van der Waals surface area contributed by atoms with Crippen LogP contribution in [0.25, 0.3) is 5.57 Å². The van der Waals surface area contributed by atoms with Crippen LogP contribution in [0.5, 0.6) is 0 Å². The second kappa shape index (κ2) is 5.80. The molecule has 1 aliphatic rings. The smallest absolute Gasteiger partial charge is 0.0727 e. The Morgan fingerprint density at radius 3 is 2.15 bits per heavy atom. The largest absolute Gasteiger partial charge is 0.119 e. The van der Waals surface area contributed by atoms with Crippen LogP contribution in [-0.2, 0) is 5.41 Å². The first-order valence-electron chi connectivity index (χ1n) is 7.10. The quantitative estimate of drug-likeness (QED) is 0.629. The highest BCUT2D eigenvalue weighted by molar-refractivity contribution is 5.87. The standard InChI is InChI=1S/C18H14.C2H6/c1-3-18(2)13-16(14-9-5-4-6-10-14)15-11-7-8-12-17(15)18;1-2/h1,4-13H,2H3;1-2H3. The zero-order valence-corrected chi connectivity index (χ0v) is 12.4. The van der Waals surface area contributed by atoms with Crippen molar-refractivity contribution in [2.75, 3.05) is 0 Å². The molecule has 1 atom stereocenters. The van der Waals surface area contributed by atoms with Crippen LogP contribution in [0.2, 0.25) is 0 Å². The zero-order chi connectivity index (χ0) is 14.6. The van der Waals surface area contributed by atoms with Gasteiger partial charge in [-0.15, -0.1) is 6.42 Å². The SMILES string of the molecule is C#CC1(C)C=C(c2ccccc2)c2ccccc21.CC. The Morgan fingerprint density at radius 2 is 1.50 bits per heavy atom. The van der Waals surface area contributed by atoms with Gasteiger partial charge in [-0.3, -0.25) is 0 Å². The number of allylic oxidation sites excluding steroid dienone is 1. The third-order valence-electron chi connectivity index (χ3n) is 3.59. The Labute approximate surface area is 122 Å². The number of terminal acetylenes is 1. The first-order valence-corrected chi connectivity index (χ1v) is 7.10. The lowest BCUT2D eigenvalue weighted by Crippen LogP contribution is -2.13. The molecule has 0 N–H and O–H groups in total. The summed E-state index contributed by atoms with van der Waals surface area (Å²) in [6.07, 6.45) is 7.93. The maximum absolute atomic E-state index is 5.73. The second-order valence-corrected chi connectivity index (χ2v) is 4.82. The molecule has 0 heterocycles. The molecular formula is C20H20. The number of benzene rings is 2. The van der Waals surface area contributed by atoms with Crippen molar-refractivity contribution in [3.8, 4) is 12.3 Å². The van der Waals surface area contributed by atoms with Crippen LogP contribution >= 0.6 is 0 Å². The fourth-order valence-electron chi connectivity index (χ4n) is 2.59. The molecule has 0 amide bonds. The van der Waals surface area contributed by atoms with Crippen molar-refractivity contribution in [1.82, 2.24) is 0 Å². The summed E-state index contributed by atoms with van der Waals surface area (Å²) >= 11 is 0. The van der Waals surface area contributed by atoms with E-state index in [1.807, 2.05) is 19.9 Å². The summed E-state index contributed by atoms with van der Waals surface area (Å²) in [7, 11) is 0. The van der Waals surface area contributed by atoms with Crippen molar-refractivity contribution in [2.45, 2.75) is 26.2 Å². The van der Waals surface area contributed by atoms with Gasteiger partial charge in [0.1, 0.15) is 0 Å². The Kier molecular flexibility index (Phi) is 4.11. The zero-order valence-electron chi connectivity index (χ0n) is 12.4. The summed E-state index contributed by atoms with van der Waals surface area (Å²) in [5.41, 5.74) is 4.66. The van der Waals surface area contributed by atoms with Gasteiger partial charge in [-0.05, 0) is 29.2 Å². The highest BCUT2D eigenvalue weighted by atomic mass is 14.3. The van der Waals surface area contributed by atoms with Crippen LogP contribution in [0, 0.1) is 12.3 Å². The third kappa shape index (κ3) is 2.28. The van der Waals surface area contributed by atoms with E-state index in [2.05, 4.69) is 67.5 Å². The minimum Gasteiger partial charge on any atom is -0.119 e. The first kappa shape index (κ1) is 14.2. The van der Waals surface area contributed by atoms with Gasteiger partial charge in [-0.25, -0.2) is 0 Å². The Morgan fingerprint density at radius 1 is 0.900 bits per heavy atom. The van der Waals surface area contributed by atoms with Crippen LogP contribution in [0.1, 0.15) is 37.5 Å². The van der Waals surface area contributed by atoms with Crippen molar-refractivity contribution in [3.63, 3.8) is 0 Å². The highest BCUT2D eigenvalue weighted by Gasteiger charge is 2.32. The summed E-state index contributed by atoms with van der Waals surface area (Å²) in [6, 6.07) is 18.8. The number of hydrogen-bond donors (Lipinski definition) is 0. The average Bonchev–Trinajstić information content (AvgIpc) is 2.85. The molecule has 0 aromatic heterocycles. The average molecular weight is 260 g/mol. The fourth-order valence-corrected chi connectivity index (χ4v) is 2.59. The second-order valence-electron chi connectivity index (χ2n) is 4.82. The predicted molar refractivity (Wildman–Crippen MR) is 87.5 cm³/mol. The Balaban J connectivity index is 0.000000704. The predicted octanol–water partition coefficient (Wildman–Crippen LogP) is 5.05. The molecule has 0 spiro atoms. The lowest BCUT2D eigenvalue weighted by atomic mass is 9.86. The topological polar surface area (TPSA) is 0 Å². The molecular weight excluding hydrogens is 240 g/mol. The molecule has 0 fully saturated rings. The van der Waals surface area contributed by atoms with E-state index >= 15 is 0 Å². The van der Waals surface area contributed by atoms with Gasteiger partial charge in [0, 0.05) is 0 Å². The molecule has 0 aliphatic heterocycles. The Hall–Kier alpha value is -2.26. The number of fused-ring (bicyclic) bond motifs is 1. The van der Waals surface area contributed by atoms with Crippen LogP contribution in [0.3, 0.4) is 0 Å². The van der Waals surface area contributed by atoms with E-state index in [9.17, 15) is 0 Å². The van der Waals surface area contributed by atoms with Crippen LogP contribution in [-0.4, -0.2) is 0 Å². The van der Waals surface area contributed by atoms with E-state index in [1.165, 1.54) is 22.3 Å². The molecule has 0 radical (unpaired) electrons. The van der Waals surface area contributed by atoms with Gasteiger partial charge in [-0.2, -0.15) is 0 Å². The van der Waals surface area contributed by atoms with E-state index < -0.39 is 0 Å². The van der Waals surface area contributed by atoms with Gasteiger partial charge in [0.25, 0.3) is 0 Å². The molecule has 0 bridgehead atoms. The van der Waals surface area contributed by atoms with Crippen molar-refractivity contribution < 1.29 is 0 Å². The molecule has 20 heavy (non-hydrogen) atoms. The van der Waals surface area contributed by atoms with Gasteiger partial charge in [0.15, 0.2) is 0 Å². The minimum absolute atomic E-state index is 0.290. The monoisotopic (exact) mass is 260 g/mol. The summed E-state index contributed by atoms with van der Waals surface area (Å²) in [5.74, 6) is 2.92. The first-order chi connectivity index (χ1) is 9.74. The molecule has 1 unspecified atom stereocenters. The van der Waals surface area contributed by atoms with Crippen LogP contribution in [0.15, 0.2) is 60.7 Å². The van der Waals surface area contributed by atoms with E-state index in [0.29, 0.717) is 0 Å². The van der Waals surface area contributed by atoms with Gasteiger partial charge in [-0.1, -0.05) is 80.4 Å². The lowest BCUT2D eigenvalue weighted by Gasteiger charge is -2.15. The van der Waals surface area contributed by atoms with Crippen molar-refractivity contribution in [3.05, 3.63) is 77.4 Å². The van der Waals surface area contributed by atoms with Gasteiger partial charge in [0.2, 0.25) is 0 Å². The maximum Gasteiger partial charge on any atom is 0.0727 e. The van der Waals surface area contributed by atoms with Gasteiger partial charge >= 0.3 is 0 Å².